The first-order chi connectivity index (χ1) is 7.33. The van der Waals surface area contributed by atoms with Crippen LogP contribution >= 0.6 is 0 Å². The van der Waals surface area contributed by atoms with Gasteiger partial charge in [0, 0.05) is 18.7 Å². The topological polar surface area (TPSA) is 23.5 Å². The summed E-state index contributed by atoms with van der Waals surface area (Å²) in [4.78, 5) is 2.07. The number of halogens is 1. The van der Waals surface area contributed by atoms with Crippen LogP contribution in [-0.2, 0) is 6.61 Å². The maximum absolute atomic E-state index is 13.9. The van der Waals surface area contributed by atoms with Crippen molar-refractivity contribution in [3.8, 4) is 0 Å². The van der Waals surface area contributed by atoms with Crippen LogP contribution in [0.5, 0.6) is 0 Å². The third kappa shape index (κ3) is 2.12. The summed E-state index contributed by atoms with van der Waals surface area (Å²) in [6, 6.07) is 5.22. The van der Waals surface area contributed by atoms with Crippen molar-refractivity contribution in [1.29, 1.82) is 0 Å². The van der Waals surface area contributed by atoms with Gasteiger partial charge in [0.25, 0.3) is 0 Å². The van der Waals surface area contributed by atoms with E-state index in [1.807, 2.05) is 0 Å². The highest BCUT2D eigenvalue weighted by atomic mass is 19.1. The smallest absolute Gasteiger partial charge is 0.151 e. The number of hydrogen-bond acceptors (Lipinski definition) is 2. The Morgan fingerprint density at radius 1 is 1.20 bits per heavy atom. The number of rotatable bonds is 2. The second-order valence-corrected chi connectivity index (χ2v) is 3.96. The van der Waals surface area contributed by atoms with E-state index in [1.54, 1.807) is 18.2 Å². The van der Waals surface area contributed by atoms with E-state index in [4.69, 9.17) is 5.11 Å². The highest BCUT2D eigenvalue weighted by Crippen LogP contribution is 2.25. The first-order valence-electron chi connectivity index (χ1n) is 5.46. The molecule has 2 nitrogen and oxygen atoms in total. The molecular formula is C12H16FNO. The van der Waals surface area contributed by atoms with E-state index < -0.39 is 0 Å². The predicted molar refractivity (Wildman–Crippen MR) is 58.4 cm³/mol. The molecule has 1 aromatic rings. The number of benzene rings is 1. The van der Waals surface area contributed by atoms with Gasteiger partial charge in [0.05, 0.1) is 12.3 Å². The lowest BCUT2D eigenvalue weighted by Gasteiger charge is -2.29. The molecule has 1 aliphatic heterocycles. The van der Waals surface area contributed by atoms with Gasteiger partial charge in [-0.05, 0) is 25.3 Å². The van der Waals surface area contributed by atoms with Crippen molar-refractivity contribution in [2.75, 3.05) is 18.0 Å². The quantitative estimate of drug-likeness (QED) is 0.808. The van der Waals surface area contributed by atoms with Crippen LogP contribution in [0.1, 0.15) is 24.8 Å². The van der Waals surface area contributed by atoms with Crippen LogP contribution in [0.3, 0.4) is 0 Å². The minimum absolute atomic E-state index is 0.229. The molecule has 1 saturated heterocycles. The SMILES string of the molecule is OCc1cccc(N2CCCCC2)c1F. The van der Waals surface area contributed by atoms with Gasteiger partial charge in [-0.15, -0.1) is 0 Å². The molecule has 3 heteroatoms. The maximum atomic E-state index is 13.9. The van der Waals surface area contributed by atoms with Crippen molar-refractivity contribution in [2.45, 2.75) is 25.9 Å². The van der Waals surface area contributed by atoms with E-state index in [-0.39, 0.29) is 12.4 Å². The van der Waals surface area contributed by atoms with Crippen LogP contribution in [0, 0.1) is 5.82 Å². The lowest BCUT2D eigenvalue weighted by Crippen LogP contribution is -2.30. The first kappa shape index (κ1) is 10.4. The van der Waals surface area contributed by atoms with E-state index >= 15 is 0 Å². The number of aliphatic hydroxyl groups is 1. The summed E-state index contributed by atoms with van der Waals surface area (Å²) < 4.78 is 13.9. The normalized spacial score (nSPS) is 16.8. The molecule has 1 N–H and O–H groups in total. The Kier molecular flexibility index (Phi) is 3.21. The Balaban J connectivity index is 2.26. The summed E-state index contributed by atoms with van der Waals surface area (Å²) in [7, 11) is 0. The molecule has 1 aromatic carbocycles. The van der Waals surface area contributed by atoms with Crippen molar-refractivity contribution in [1.82, 2.24) is 0 Å². The molecule has 0 unspecified atom stereocenters. The zero-order valence-corrected chi connectivity index (χ0v) is 8.75. The van der Waals surface area contributed by atoms with Gasteiger partial charge in [-0.3, -0.25) is 0 Å². The lowest BCUT2D eigenvalue weighted by atomic mass is 10.1. The summed E-state index contributed by atoms with van der Waals surface area (Å²) in [6.07, 6.45) is 3.49. The molecule has 0 bridgehead atoms. The lowest BCUT2D eigenvalue weighted by molar-refractivity contribution is 0.275. The third-order valence-corrected chi connectivity index (χ3v) is 2.93. The number of anilines is 1. The molecule has 1 aliphatic rings. The fourth-order valence-corrected chi connectivity index (χ4v) is 2.07. The predicted octanol–water partition coefficient (Wildman–Crippen LogP) is 2.31. The minimum atomic E-state index is -0.262. The van der Waals surface area contributed by atoms with E-state index in [0.717, 1.165) is 25.9 Å². The molecule has 1 heterocycles. The fourth-order valence-electron chi connectivity index (χ4n) is 2.07. The summed E-state index contributed by atoms with van der Waals surface area (Å²) in [5.74, 6) is -0.262. The van der Waals surface area contributed by atoms with Crippen LogP contribution < -0.4 is 4.90 Å². The van der Waals surface area contributed by atoms with Gasteiger partial charge in [0.1, 0.15) is 0 Å². The summed E-state index contributed by atoms with van der Waals surface area (Å²) >= 11 is 0. The van der Waals surface area contributed by atoms with Crippen molar-refractivity contribution in [3.05, 3.63) is 29.6 Å². The standard InChI is InChI=1S/C12H16FNO/c13-12-10(9-15)5-4-6-11(12)14-7-2-1-3-8-14/h4-6,15H,1-3,7-9H2. The monoisotopic (exact) mass is 209 g/mol. The molecule has 0 spiro atoms. The van der Waals surface area contributed by atoms with Crippen LogP contribution in [0.25, 0.3) is 0 Å². The second-order valence-electron chi connectivity index (χ2n) is 3.96. The molecule has 0 aliphatic carbocycles. The van der Waals surface area contributed by atoms with Crippen LogP contribution in [-0.4, -0.2) is 18.2 Å². The van der Waals surface area contributed by atoms with Gasteiger partial charge in [0.15, 0.2) is 5.82 Å². The minimum Gasteiger partial charge on any atom is -0.392 e. The Bertz CT molecular complexity index is 334. The molecule has 2 rings (SSSR count). The van der Waals surface area contributed by atoms with E-state index in [1.165, 1.54) is 6.42 Å². The number of aliphatic hydroxyl groups excluding tert-OH is 1. The zero-order valence-electron chi connectivity index (χ0n) is 8.75. The molecular weight excluding hydrogens is 193 g/mol. The molecule has 82 valence electrons. The van der Waals surface area contributed by atoms with E-state index in [9.17, 15) is 4.39 Å². The highest BCUT2D eigenvalue weighted by molar-refractivity contribution is 5.50. The molecule has 0 radical (unpaired) electrons. The average molecular weight is 209 g/mol. The largest absolute Gasteiger partial charge is 0.392 e. The van der Waals surface area contributed by atoms with Gasteiger partial charge in [-0.25, -0.2) is 4.39 Å². The van der Waals surface area contributed by atoms with Crippen LogP contribution in [0.4, 0.5) is 10.1 Å². The molecule has 1 fully saturated rings. The molecule has 15 heavy (non-hydrogen) atoms. The molecule has 0 atom stereocenters. The van der Waals surface area contributed by atoms with Gasteiger partial charge in [-0.2, -0.15) is 0 Å². The number of piperidine rings is 1. The van der Waals surface area contributed by atoms with Crippen molar-refractivity contribution in [3.63, 3.8) is 0 Å². The van der Waals surface area contributed by atoms with Crippen molar-refractivity contribution >= 4 is 5.69 Å². The fraction of sp³-hybridized carbons (Fsp3) is 0.500. The number of hydrogen-bond donors (Lipinski definition) is 1. The summed E-state index contributed by atoms with van der Waals surface area (Å²) in [5.41, 5.74) is 1.03. The van der Waals surface area contributed by atoms with Gasteiger partial charge in [0.2, 0.25) is 0 Å². The Morgan fingerprint density at radius 3 is 2.60 bits per heavy atom. The second kappa shape index (κ2) is 4.62. The van der Waals surface area contributed by atoms with E-state index in [0.29, 0.717) is 11.3 Å². The van der Waals surface area contributed by atoms with Gasteiger partial charge >= 0.3 is 0 Å². The van der Waals surface area contributed by atoms with Crippen LogP contribution in [0.15, 0.2) is 18.2 Å². The summed E-state index contributed by atoms with van der Waals surface area (Å²) in [5, 5.41) is 8.98. The first-order valence-corrected chi connectivity index (χ1v) is 5.46. The van der Waals surface area contributed by atoms with Crippen molar-refractivity contribution < 1.29 is 9.50 Å². The molecule has 0 amide bonds. The maximum Gasteiger partial charge on any atom is 0.151 e. The average Bonchev–Trinajstić information content (AvgIpc) is 2.30. The van der Waals surface area contributed by atoms with Crippen LogP contribution in [0.2, 0.25) is 0 Å². The van der Waals surface area contributed by atoms with Gasteiger partial charge in [-0.1, -0.05) is 12.1 Å². The highest BCUT2D eigenvalue weighted by Gasteiger charge is 2.16. The molecule has 0 aromatic heterocycles. The number of nitrogens with zero attached hydrogens (tertiary/aromatic N) is 1. The third-order valence-electron chi connectivity index (χ3n) is 2.93. The van der Waals surface area contributed by atoms with E-state index in [2.05, 4.69) is 4.90 Å². The molecule has 0 saturated carbocycles. The Hall–Kier alpha value is -1.09. The van der Waals surface area contributed by atoms with Crippen molar-refractivity contribution in [2.24, 2.45) is 0 Å². The zero-order chi connectivity index (χ0) is 10.7. The van der Waals surface area contributed by atoms with Gasteiger partial charge < -0.3 is 10.0 Å². The Labute approximate surface area is 89.3 Å². The Morgan fingerprint density at radius 2 is 1.93 bits per heavy atom. The summed E-state index contributed by atoms with van der Waals surface area (Å²) in [6.45, 7) is 1.62.